The van der Waals surface area contributed by atoms with Gasteiger partial charge >= 0.3 is 0 Å². The number of rotatable bonds is 4. The summed E-state index contributed by atoms with van der Waals surface area (Å²) in [7, 11) is 3.51. The van der Waals surface area contributed by atoms with Gasteiger partial charge in [-0.1, -0.05) is 30.0 Å². The van der Waals surface area contributed by atoms with Gasteiger partial charge in [-0.3, -0.25) is 15.0 Å². The zero-order chi connectivity index (χ0) is 20.5. The van der Waals surface area contributed by atoms with E-state index in [0.717, 1.165) is 33.2 Å². The molecule has 1 aromatic heterocycles. The Hall–Kier alpha value is -3.10. The number of thioether (sulfide) groups is 1. The van der Waals surface area contributed by atoms with E-state index in [1.807, 2.05) is 42.1 Å². The van der Waals surface area contributed by atoms with Crippen molar-refractivity contribution in [2.75, 3.05) is 7.11 Å². The number of benzene rings is 2. The van der Waals surface area contributed by atoms with Gasteiger partial charge in [-0.2, -0.15) is 5.01 Å². The fourth-order valence-corrected chi connectivity index (χ4v) is 4.27. The van der Waals surface area contributed by atoms with Crippen LogP contribution in [0.2, 0.25) is 0 Å². The number of aryl methyl sites for hydroxylation is 1. The smallest absolute Gasteiger partial charge is 0.285 e. The van der Waals surface area contributed by atoms with Crippen LogP contribution in [0, 0.1) is 0 Å². The lowest BCUT2D eigenvalue weighted by molar-refractivity contribution is -0.123. The highest BCUT2D eigenvalue weighted by Crippen LogP contribution is 2.33. The lowest BCUT2D eigenvalue weighted by atomic mass is 10.1. The molecule has 8 heteroatoms. The van der Waals surface area contributed by atoms with Crippen molar-refractivity contribution in [3.05, 3.63) is 70.8 Å². The molecule has 0 aliphatic carbocycles. The number of carbonyl (C=O) groups is 2. The van der Waals surface area contributed by atoms with Crippen LogP contribution in [0.4, 0.5) is 0 Å². The number of hydrogen-bond donors (Lipinski definition) is 1. The van der Waals surface area contributed by atoms with Gasteiger partial charge in [-0.05, 0) is 48.6 Å². The molecule has 2 heterocycles. The summed E-state index contributed by atoms with van der Waals surface area (Å²) in [6, 6.07) is 14.6. The van der Waals surface area contributed by atoms with Crippen molar-refractivity contribution < 1.29 is 14.3 Å². The molecule has 0 saturated carbocycles. The highest BCUT2D eigenvalue weighted by molar-refractivity contribution is 8.26. The molecule has 1 N–H and O–H groups in total. The maximum atomic E-state index is 12.8. The molecule has 29 heavy (non-hydrogen) atoms. The summed E-state index contributed by atoms with van der Waals surface area (Å²) in [5, 5.41) is 2.16. The summed E-state index contributed by atoms with van der Waals surface area (Å²) >= 11 is 6.47. The number of nitrogens with one attached hydrogen (secondary N) is 1. The molecule has 0 spiro atoms. The molecule has 146 valence electrons. The quantitative estimate of drug-likeness (QED) is 0.512. The Morgan fingerprint density at radius 1 is 1.17 bits per heavy atom. The molecule has 0 bridgehead atoms. The van der Waals surface area contributed by atoms with E-state index < -0.39 is 5.91 Å². The van der Waals surface area contributed by atoms with Gasteiger partial charge in [-0.15, -0.1) is 0 Å². The van der Waals surface area contributed by atoms with E-state index in [4.69, 9.17) is 17.0 Å². The average molecular weight is 424 g/mol. The van der Waals surface area contributed by atoms with Crippen LogP contribution in [0.25, 0.3) is 17.0 Å². The second-order valence-electron chi connectivity index (χ2n) is 6.40. The third-order valence-electron chi connectivity index (χ3n) is 4.57. The average Bonchev–Trinajstić information content (AvgIpc) is 3.19. The molecular weight excluding hydrogens is 406 g/mol. The Kier molecular flexibility index (Phi) is 5.12. The normalized spacial score (nSPS) is 15.4. The van der Waals surface area contributed by atoms with Crippen molar-refractivity contribution >= 4 is 57.1 Å². The Labute approximate surface area is 177 Å². The molecule has 2 aromatic carbocycles. The minimum Gasteiger partial charge on any atom is -0.497 e. The number of thiocarbonyl (C=S) groups is 1. The molecule has 2 amide bonds. The van der Waals surface area contributed by atoms with Crippen molar-refractivity contribution in [3.8, 4) is 5.75 Å². The van der Waals surface area contributed by atoms with Crippen molar-refractivity contribution in [2.24, 2.45) is 7.05 Å². The Balaban J connectivity index is 1.56. The molecule has 6 nitrogen and oxygen atoms in total. The van der Waals surface area contributed by atoms with Crippen LogP contribution in [0.3, 0.4) is 0 Å². The summed E-state index contributed by atoms with van der Waals surface area (Å²) in [4.78, 5) is 25.8. The number of aromatic nitrogens is 1. The molecule has 0 unspecified atom stereocenters. The second kappa shape index (κ2) is 7.73. The number of para-hydroxylation sites is 1. The molecule has 4 rings (SSSR count). The third-order valence-corrected chi connectivity index (χ3v) is 5.88. The SMILES string of the molecule is COc1ccc(C(=O)NN2C(=O)/C(=C/c3cn(C)c4ccccc34)SC2=S)cc1. The lowest BCUT2D eigenvalue weighted by Gasteiger charge is -2.15. The first kappa shape index (κ1) is 19.2. The van der Waals surface area contributed by atoms with Gasteiger partial charge in [0.05, 0.1) is 12.0 Å². The first-order valence-electron chi connectivity index (χ1n) is 8.75. The fourth-order valence-electron chi connectivity index (χ4n) is 3.10. The zero-order valence-corrected chi connectivity index (χ0v) is 17.3. The van der Waals surface area contributed by atoms with Crippen LogP contribution < -0.4 is 10.2 Å². The number of hydrazine groups is 1. The highest BCUT2D eigenvalue weighted by Gasteiger charge is 2.34. The monoisotopic (exact) mass is 423 g/mol. The van der Waals surface area contributed by atoms with Gasteiger partial charge in [-0.25, -0.2) is 0 Å². The van der Waals surface area contributed by atoms with Crippen LogP contribution in [0.1, 0.15) is 15.9 Å². The fraction of sp³-hybridized carbons (Fsp3) is 0.0952. The van der Waals surface area contributed by atoms with Gasteiger partial charge in [0.1, 0.15) is 5.75 Å². The summed E-state index contributed by atoms with van der Waals surface area (Å²) in [5.74, 6) is -0.129. The minimum absolute atomic E-state index is 0.281. The van der Waals surface area contributed by atoms with Crippen LogP contribution >= 0.6 is 24.0 Å². The van der Waals surface area contributed by atoms with E-state index >= 15 is 0 Å². The summed E-state index contributed by atoms with van der Waals surface area (Å²) < 4.78 is 7.38. The number of fused-ring (bicyclic) bond motifs is 1. The molecule has 1 aliphatic heterocycles. The zero-order valence-electron chi connectivity index (χ0n) is 15.7. The Bertz CT molecular complexity index is 1170. The third kappa shape index (κ3) is 3.64. The number of nitrogens with zero attached hydrogens (tertiary/aromatic N) is 2. The van der Waals surface area contributed by atoms with E-state index in [1.165, 1.54) is 0 Å². The van der Waals surface area contributed by atoms with Crippen molar-refractivity contribution in [1.82, 2.24) is 15.0 Å². The van der Waals surface area contributed by atoms with Crippen LogP contribution in [0.5, 0.6) is 5.75 Å². The predicted octanol–water partition coefficient (Wildman–Crippen LogP) is 3.73. The summed E-state index contributed by atoms with van der Waals surface area (Å²) in [6.07, 6.45) is 3.77. The first-order chi connectivity index (χ1) is 14.0. The second-order valence-corrected chi connectivity index (χ2v) is 8.07. The molecule has 1 fully saturated rings. The van der Waals surface area contributed by atoms with E-state index in [9.17, 15) is 9.59 Å². The standard InChI is InChI=1S/C21H17N3O3S2/c1-23-12-14(16-5-3-4-6-17(16)23)11-18-20(26)24(21(28)29-18)22-19(25)13-7-9-15(27-2)10-8-13/h3-12H,1-2H3,(H,22,25)/b18-11-. The van der Waals surface area contributed by atoms with Crippen LogP contribution in [-0.4, -0.2) is 32.8 Å². The molecule has 3 aromatic rings. The number of methoxy groups -OCH3 is 1. The topological polar surface area (TPSA) is 63.6 Å². The van der Waals surface area contributed by atoms with E-state index in [2.05, 4.69) is 5.43 Å². The van der Waals surface area contributed by atoms with Crippen molar-refractivity contribution in [3.63, 3.8) is 0 Å². The number of hydrogen-bond acceptors (Lipinski definition) is 5. The number of ether oxygens (including phenoxy) is 1. The highest BCUT2D eigenvalue weighted by atomic mass is 32.2. The Morgan fingerprint density at radius 3 is 2.62 bits per heavy atom. The van der Waals surface area contributed by atoms with Crippen molar-refractivity contribution in [1.29, 1.82) is 0 Å². The minimum atomic E-state index is -0.421. The van der Waals surface area contributed by atoms with Gasteiger partial charge in [0, 0.05) is 35.3 Å². The van der Waals surface area contributed by atoms with Crippen LogP contribution in [0.15, 0.2) is 59.6 Å². The maximum absolute atomic E-state index is 12.8. The molecule has 1 saturated heterocycles. The van der Waals surface area contributed by atoms with Gasteiger partial charge in [0.15, 0.2) is 4.32 Å². The number of amides is 2. The van der Waals surface area contributed by atoms with Gasteiger partial charge < -0.3 is 9.30 Å². The largest absolute Gasteiger partial charge is 0.497 e. The Morgan fingerprint density at radius 2 is 1.90 bits per heavy atom. The van der Waals surface area contributed by atoms with Crippen molar-refractivity contribution in [2.45, 2.75) is 0 Å². The van der Waals surface area contributed by atoms with E-state index in [-0.39, 0.29) is 10.2 Å². The van der Waals surface area contributed by atoms with E-state index in [1.54, 1.807) is 37.5 Å². The molecule has 0 atom stereocenters. The first-order valence-corrected chi connectivity index (χ1v) is 9.97. The van der Waals surface area contributed by atoms with Gasteiger partial charge in [0.25, 0.3) is 11.8 Å². The molecular formula is C21H17N3O3S2. The van der Waals surface area contributed by atoms with E-state index in [0.29, 0.717) is 16.2 Å². The summed E-state index contributed by atoms with van der Waals surface area (Å²) in [5.41, 5.74) is 4.98. The molecule has 0 radical (unpaired) electrons. The number of carbonyl (C=O) groups excluding carboxylic acids is 2. The maximum Gasteiger partial charge on any atom is 0.285 e. The predicted molar refractivity (Wildman–Crippen MR) is 118 cm³/mol. The van der Waals surface area contributed by atoms with Crippen LogP contribution in [-0.2, 0) is 11.8 Å². The molecule has 1 aliphatic rings. The van der Waals surface area contributed by atoms with Gasteiger partial charge in [0.2, 0.25) is 0 Å². The lowest BCUT2D eigenvalue weighted by Crippen LogP contribution is -2.44. The summed E-state index contributed by atoms with van der Waals surface area (Å²) in [6.45, 7) is 0.